The van der Waals surface area contributed by atoms with Crippen molar-refractivity contribution in [3.63, 3.8) is 0 Å². The number of aliphatic hydroxyl groups excluding tert-OH is 2. The Morgan fingerprint density at radius 1 is 1.75 bits per heavy atom. The number of hydrogen-bond donors (Lipinski definition) is 2. The summed E-state index contributed by atoms with van der Waals surface area (Å²) in [6.45, 7) is 2.52. The van der Waals surface area contributed by atoms with E-state index in [2.05, 4.69) is 6.58 Å². The summed E-state index contributed by atoms with van der Waals surface area (Å²) in [4.78, 5) is 0. The highest BCUT2D eigenvalue weighted by Crippen LogP contribution is 1.97. The van der Waals surface area contributed by atoms with E-state index >= 15 is 0 Å². The molecule has 48 valence electrons. The molecule has 0 aliphatic rings. The van der Waals surface area contributed by atoms with Crippen LogP contribution in [0, 0.1) is 0 Å². The average molecular weight is 120 g/mol. The molecule has 3 heteroatoms. The van der Waals surface area contributed by atoms with Gasteiger partial charge < -0.3 is 10.2 Å². The number of aliphatic hydroxyl groups is 2. The Labute approximate surface area is 47.3 Å². The first kappa shape index (κ1) is 7.59. The van der Waals surface area contributed by atoms with Crippen molar-refractivity contribution in [1.29, 1.82) is 0 Å². The molecule has 0 heterocycles. The number of halogens is 1. The summed E-state index contributed by atoms with van der Waals surface area (Å²) in [5.41, 5.74) is 0. The Bertz CT molecular complexity index is 74.8. The maximum Gasteiger partial charge on any atom is 0.146 e. The lowest BCUT2D eigenvalue weighted by Crippen LogP contribution is -2.23. The van der Waals surface area contributed by atoms with Crippen molar-refractivity contribution in [3.8, 4) is 0 Å². The number of alkyl halides is 1. The average Bonchev–Trinajstić information content (AvgIpc) is 1.84. The third kappa shape index (κ3) is 2.04. The minimum atomic E-state index is -1.51. The van der Waals surface area contributed by atoms with Crippen LogP contribution >= 0.6 is 0 Å². The monoisotopic (exact) mass is 120 g/mol. The fourth-order valence-corrected chi connectivity index (χ4v) is 0.258. The van der Waals surface area contributed by atoms with Crippen LogP contribution in [0.15, 0.2) is 12.7 Å². The molecule has 0 aliphatic heterocycles. The first-order chi connectivity index (χ1) is 3.72. The molecule has 0 saturated heterocycles. The predicted octanol–water partition coefficient (Wildman–Crippen LogP) is -0.136. The molecule has 0 fully saturated rings. The Hall–Kier alpha value is -0.410. The quantitative estimate of drug-likeness (QED) is 0.509. The summed E-state index contributed by atoms with van der Waals surface area (Å²) in [5.74, 6) is 0. The largest absolute Gasteiger partial charge is 0.394 e. The Kier molecular flexibility index (Phi) is 3.39. The van der Waals surface area contributed by atoms with E-state index in [1.807, 2.05) is 0 Å². The molecule has 0 rings (SSSR count). The molecule has 0 saturated carbocycles. The molecule has 0 aromatic carbocycles. The fraction of sp³-hybridized carbons (Fsp3) is 0.600. The van der Waals surface area contributed by atoms with Gasteiger partial charge in [0.15, 0.2) is 0 Å². The summed E-state index contributed by atoms with van der Waals surface area (Å²) >= 11 is 0. The normalized spacial score (nSPS) is 17.4. The Morgan fingerprint density at radius 2 is 2.25 bits per heavy atom. The molecule has 8 heavy (non-hydrogen) atoms. The van der Waals surface area contributed by atoms with Gasteiger partial charge >= 0.3 is 0 Å². The Balaban J connectivity index is 3.44. The van der Waals surface area contributed by atoms with Crippen molar-refractivity contribution in [2.45, 2.75) is 12.3 Å². The lowest BCUT2D eigenvalue weighted by molar-refractivity contribution is 0.0471. The molecule has 2 atom stereocenters. The molecule has 0 bridgehead atoms. The van der Waals surface area contributed by atoms with Gasteiger partial charge in [0.1, 0.15) is 12.3 Å². The zero-order chi connectivity index (χ0) is 6.57. The van der Waals surface area contributed by atoms with Crippen molar-refractivity contribution in [2.24, 2.45) is 0 Å². The summed E-state index contributed by atoms with van der Waals surface area (Å²) in [5, 5.41) is 16.5. The van der Waals surface area contributed by atoms with Gasteiger partial charge in [-0.1, -0.05) is 6.08 Å². The van der Waals surface area contributed by atoms with Gasteiger partial charge in [0.2, 0.25) is 0 Å². The van der Waals surface area contributed by atoms with Crippen LogP contribution in [-0.2, 0) is 0 Å². The maximum absolute atomic E-state index is 12.0. The summed E-state index contributed by atoms with van der Waals surface area (Å²) < 4.78 is 12.0. The minimum Gasteiger partial charge on any atom is -0.394 e. The zero-order valence-electron chi connectivity index (χ0n) is 4.42. The molecule has 2 nitrogen and oxygen atoms in total. The molecule has 0 radical (unpaired) electrons. The summed E-state index contributed by atoms with van der Waals surface area (Å²) in [7, 11) is 0. The van der Waals surface area contributed by atoms with Gasteiger partial charge in [-0.05, 0) is 0 Å². The summed E-state index contributed by atoms with van der Waals surface area (Å²) in [6.07, 6.45) is -1.88. The van der Waals surface area contributed by atoms with Crippen LogP contribution in [0.5, 0.6) is 0 Å². The highest BCUT2D eigenvalue weighted by Gasteiger charge is 2.11. The van der Waals surface area contributed by atoms with E-state index in [9.17, 15) is 4.39 Å². The predicted molar refractivity (Wildman–Crippen MR) is 28.2 cm³/mol. The van der Waals surface area contributed by atoms with E-state index in [0.717, 1.165) is 6.08 Å². The van der Waals surface area contributed by atoms with E-state index in [0.29, 0.717) is 0 Å². The SMILES string of the molecule is C=C[C@H](F)[C@@H](O)CO. The Morgan fingerprint density at radius 3 is 2.38 bits per heavy atom. The van der Waals surface area contributed by atoms with Crippen molar-refractivity contribution >= 4 is 0 Å². The number of hydrogen-bond acceptors (Lipinski definition) is 2. The second kappa shape index (κ2) is 3.57. The van der Waals surface area contributed by atoms with E-state index in [1.165, 1.54) is 0 Å². The third-order valence-corrected chi connectivity index (χ3v) is 0.780. The smallest absolute Gasteiger partial charge is 0.146 e. The second-order valence-electron chi connectivity index (χ2n) is 1.43. The van der Waals surface area contributed by atoms with Crippen LogP contribution in [0.3, 0.4) is 0 Å². The van der Waals surface area contributed by atoms with Crippen molar-refractivity contribution in [3.05, 3.63) is 12.7 Å². The van der Waals surface area contributed by atoms with Gasteiger partial charge in [-0.3, -0.25) is 0 Å². The highest BCUT2D eigenvalue weighted by atomic mass is 19.1. The van der Waals surface area contributed by atoms with Crippen molar-refractivity contribution in [1.82, 2.24) is 0 Å². The summed E-state index contributed by atoms with van der Waals surface area (Å²) in [6, 6.07) is 0. The van der Waals surface area contributed by atoms with Gasteiger partial charge in [-0.2, -0.15) is 0 Å². The standard InChI is InChI=1S/C5H9FO2/c1-2-4(6)5(8)3-7/h2,4-5,7-8H,1,3H2/t4-,5-/m0/s1. The van der Waals surface area contributed by atoms with Gasteiger partial charge in [0.05, 0.1) is 6.61 Å². The topological polar surface area (TPSA) is 40.5 Å². The van der Waals surface area contributed by atoms with Crippen molar-refractivity contribution in [2.75, 3.05) is 6.61 Å². The van der Waals surface area contributed by atoms with Gasteiger partial charge in [-0.25, -0.2) is 4.39 Å². The van der Waals surface area contributed by atoms with Crippen LogP contribution in [0.4, 0.5) is 4.39 Å². The molecular formula is C5H9FO2. The highest BCUT2D eigenvalue weighted by molar-refractivity contribution is 4.83. The van der Waals surface area contributed by atoms with E-state index < -0.39 is 18.9 Å². The molecule has 2 N–H and O–H groups in total. The fourth-order valence-electron chi connectivity index (χ4n) is 0.258. The van der Waals surface area contributed by atoms with Gasteiger partial charge in [0, 0.05) is 0 Å². The van der Waals surface area contributed by atoms with Gasteiger partial charge in [0.25, 0.3) is 0 Å². The van der Waals surface area contributed by atoms with Crippen LogP contribution in [0.1, 0.15) is 0 Å². The minimum absolute atomic E-state index is 0.562. The first-order valence-electron chi connectivity index (χ1n) is 2.28. The van der Waals surface area contributed by atoms with Crippen molar-refractivity contribution < 1.29 is 14.6 Å². The third-order valence-electron chi connectivity index (χ3n) is 0.780. The molecule has 0 spiro atoms. The van der Waals surface area contributed by atoms with Gasteiger partial charge in [-0.15, -0.1) is 6.58 Å². The molecular weight excluding hydrogens is 111 g/mol. The van der Waals surface area contributed by atoms with E-state index in [-0.39, 0.29) is 0 Å². The molecule has 0 aromatic heterocycles. The maximum atomic E-state index is 12.0. The zero-order valence-corrected chi connectivity index (χ0v) is 4.42. The lowest BCUT2D eigenvalue weighted by Gasteiger charge is -2.06. The van der Waals surface area contributed by atoms with Crippen LogP contribution in [-0.4, -0.2) is 29.1 Å². The van der Waals surface area contributed by atoms with E-state index in [1.54, 1.807) is 0 Å². The second-order valence-corrected chi connectivity index (χ2v) is 1.43. The first-order valence-corrected chi connectivity index (χ1v) is 2.28. The van der Waals surface area contributed by atoms with E-state index in [4.69, 9.17) is 10.2 Å². The van der Waals surface area contributed by atoms with Crippen LogP contribution in [0.25, 0.3) is 0 Å². The molecule has 0 aliphatic carbocycles. The number of rotatable bonds is 3. The molecule has 0 aromatic rings. The molecule has 0 unspecified atom stereocenters. The molecule has 0 amide bonds. The van der Waals surface area contributed by atoms with Crippen LogP contribution in [0.2, 0.25) is 0 Å². The lowest BCUT2D eigenvalue weighted by atomic mass is 10.2. The van der Waals surface area contributed by atoms with Crippen LogP contribution < -0.4 is 0 Å².